The molecule has 2 aliphatic rings. The molecule has 0 aromatic carbocycles. The molecule has 0 radical (unpaired) electrons. The number of hydrogen-bond donors (Lipinski definition) is 0. The second kappa shape index (κ2) is 4.55. The Kier molecular flexibility index (Phi) is 3.33. The molecule has 2 unspecified atom stereocenters. The van der Waals surface area contributed by atoms with Crippen molar-refractivity contribution in [3.8, 4) is 0 Å². The number of allylic oxidation sites excluding steroid dienone is 4. The predicted molar refractivity (Wildman–Crippen MR) is 66.8 cm³/mol. The van der Waals surface area contributed by atoms with Crippen LogP contribution in [0.25, 0.3) is 0 Å². The highest BCUT2D eigenvalue weighted by Gasteiger charge is 2.20. The molecule has 2 atom stereocenters. The molecule has 1 fully saturated rings. The van der Waals surface area contributed by atoms with E-state index < -0.39 is 0 Å². The molecule has 0 heteroatoms. The second-order valence-electron chi connectivity index (χ2n) is 5.52. The highest BCUT2D eigenvalue weighted by Crippen LogP contribution is 2.38. The molecule has 0 N–H and O–H groups in total. The van der Waals surface area contributed by atoms with Gasteiger partial charge < -0.3 is 0 Å². The molecule has 15 heavy (non-hydrogen) atoms. The van der Waals surface area contributed by atoms with Crippen LogP contribution in [-0.2, 0) is 0 Å². The van der Waals surface area contributed by atoms with E-state index in [1.807, 2.05) is 0 Å². The molecule has 0 bridgehead atoms. The van der Waals surface area contributed by atoms with Crippen LogP contribution in [0.15, 0.2) is 22.8 Å². The fourth-order valence-electron chi connectivity index (χ4n) is 3.09. The maximum Gasteiger partial charge on any atom is -0.0229 e. The van der Waals surface area contributed by atoms with Crippen LogP contribution in [0.5, 0.6) is 0 Å². The summed E-state index contributed by atoms with van der Waals surface area (Å²) in [6, 6.07) is 0. The van der Waals surface area contributed by atoms with Gasteiger partial charge in [-0.05, 0) is 62.0 Å². The Morgan fingerprint density at radius 3 is 2.67 bits per heavy atom. The monoisotopic (exact) mass is 204 g/mol. The van der Waals surface area contributed by atoms with Gasteiger partial charge in [-0.15, -0.1) is 0 Å². The van der Waals surface area contributed by atoms with Crippen molar-refractivity contribution < 1.29 is 0 Å². The van der Waals surface area contributed by atoms with Crippen LogP contribution in [0.3, 0.4) is 0 Å². The zero-order valence-electron chi connectivity index (χ0n) is 10.5. The number of fused-ring (bicyclic) bond motifs is 1. The highest BCUT2D eigenvalue weighted by atomic mass is 14.3. The average molecular weight is 204 g/mol. The fraction of sp³-hybridized carbons (Fsp3) is 0.733. The minimum absolute atomic E-state index is 0.797. The Bertz CT molecular complexity index is 293. The molecule has 0 aromatic heterocycles. The molecule has 0 amide bonds. The van der Waals surface area contributed by atoms with Crippen molar-refractivity contribution in [1.29, 1.82) is 0 Å². The van der Waals surface area contributed by atoms with Crippen LogP contribution < -0.4 is 0 Å². The van der Waals surface area contributed by atoms with Gasteiger partial charge in [-0.3, -0.25) is 0 Å². The van der Waals surface area contributed by atoms with Crippen LogP contribution >= 0.6 is 0 Å². The summed E-state index contributed by atoms with van der Waals surface area (Å²) in [5.41, 5.74) is 5.10. The Balaban J connectivity index is 2.33. The smallest absolute Gasteiger partial charge is 0.0229 e. The summed E-state index contributed by atoms with van der Waals surface area (Å²) in [5, 5.41) is 0. The van der Waals surface area contributed by atoms with Crippen molar-refractivity contribution >= 4 is 0 Å². The molecule has 2 rings (SSSR count). The molecule has 84 valence electrons. The zero-order chi connectivity index (χ0) is 10.8. The maximum absolute atomic E-state index is 2.56. The van der Waals surface area contributed by atoms with Crippen LogP contribution in [-0.4, -0.2) is 0 Å². The van der Waals surface area contributed by atoms with Gasteiger partial charge in [-0.2, -0.15) is 0 Å². The second-order valence-corrected chi connectivity index (χ2v) is 5.52. The fourth-order valence-corrected chi connectivity index (χ4v) is 3.09. The quantitative estimate of drug-likeness (QED) is 0.528. The molecule has 0 aliphatic heterocycles. The van der Waals surface area contributed by atoms with E-state index in [4.69, 9.17) is 0 Å². The van der Waals surface area contributed by atoms with E-state index in [9.17, 15) is 0 Å². The summed E-state index contributed by atoms with van der Waals surface area (Å²) in [7, 11) is 0. The van der Waals surface area contributed by atoms with Gasteiger partial charge in [-0.25, -0.2) is 0 Å². The van der Waals surface area contributed by atoms with E-state index in [1.165, 1.54) is 38.5 Å². The van der Waals surface area contributed by atoms with Gasteiger partial charge in [0, 0.05) is 0 Å². The van der Waals surface area contributed by atoms with Crippen LogP contribution in [0.2, 0.25) is 0 Å². The van der Waals surface area contributed by atoms with Gasteiger partial charge in [0.15, 0.2) is 0 Å². The third-order valence-electron chi connectivity index (χ3n) is 4.26. The van der Waals surface area contributed by atoms with Crippen molar-refractivity contribution in [1.82, 2.24) is 0 Å². The van der Waals surface area contributed by atoms with E-state index in [-0.39, 0.29) is 0 Å². The summed E-state index contributed by atoms with van der Waals surface area (Å²) in [5.74, 6) is 1.61. The molecular weight excluding hydrogens is 180 g/mol. The SMILES string of the molecule is C/C1=C2\CCC\C2=C\C(C)CCCC1C. The van der Waals surface area contributed by atoms with E-state index in [0.29, 0.717) is 0 Å². The summed E-state index contributed by atoms with van der Waals surface area (Å²) in [6.07, 6.45) is 10.8. The lowest BCUT2D eigenvalue weighted by molar-refractivity contribution is 0.517. The molecule has 0 heterocycles. The number of hydrogen-bond acceptors (Lipinski definition) is 0. The van der Waals surface area contributed by atoms with Crippen molar-refractivity contribution in [2.75, 3.05) is 0 Å². The van der Waals surface area contributed by atoms with Gasteiger partial charge in [-0.1, -0.05) is 31.9 Å². The Morgan fingerprint density at radius 1 is 1.07 bits per heavy atom. The van der Waals surface area contributed by atoms with Crippen LogP contribution in [0.4, 0.5) is 0 Å². The van der Waals surface area contributed by atoms with E-state index >= 15 is 0 Å². The molecule has 0 aromatic rings. The van der Waals surface area contributed by atoms with Crippen LogP contribution in [0, 0.1) is 11.8 Å². The molecule has 0 saturated heterocycles. The lowest BCUT2D eigenvalue weighted by Gasteiger charge is -2.14. The summed E-state index contributed by atoms with van der Waals surface area (Å²) in [6.45, 7) is 7.16. The van der Waals surface area contributed by atoms with Gasteiger partial charge in [0.1, 0.15) is 0 Å². The van der Waals surface area contributed by atoms with Gasteiger partial charge >= 0.3 is 0 Å². The number of rotatable bonds is 0. The Labute approximate surface area is 94.5 Å². The van der Waals surface area contributed by atoms with Crippen molar-refractivity contribution in [3.63, 3.8) is 0 Å². The summed E-state index contributed by atoms with van der Waals surface area (Å²) < 4.78 is 0. The van der Waals surface area contributed by atoms with Crippen LogP contribution in [0.1, 0.15) is 59.3 Å². The minimum Gasteiger partial charge on any atom is -0.0782 e. The first-order chi connectivity index (χ1) is 7.18. The molecular formula is C15H24. The molecule has 1 saturated carbocycles. The Morgan fingerprint density at radius 2 is 1.87 bits per heavy atom. The van der Waals surface area contributed by atoms with Gasteiger partial charge in [0.2, 0.25) is 0 Å². The van der Waals surface area contributed by atoms with Crippen molar-refractivity contribution in [2.45, 2.75) is 59.3 Å². The third kappa shape index (κ3) is 2.35. The minimum atomic E-state index is 0.797. The first kappa shape index (κ1) is 11.0. The van der Waals surface area contributed by atoms with E-state index in [2.05, 4.69) is 26.8 Å². The van der Waals surface area contributed by atoms with E-state index in [0.717, 1.165) is 11.8 Å². The largest absolute Gasteiger partial charge is 0.0782 e. The van der Waals surface area contributed by atoms with Gasteiger partial charge in [0.25, 0.3) is 0 Å². The van der Waals surface area contributed by atoms with Gasteiger partial charge in [0.05, 0.1) is 0 Å². The summed E-state index contributed by atoms with van der Waals surface area (Å²) >= 11 is 0. The lowest BCUT2D eigenvalue weighted by Crippen LogP contribution is -1.99. The highest BCUT2D eigenvalue weighted by molar-refractivity contribution is 5.39. The standard InChI is InChI=1S/C15H24/c1-11-6-4-7-12(2)13(3)15-9-5-8-14(15)10-11/h10-12H,4-9H2,1-3H3/b14-10-,15-13-. The zero-order valence-corrected chi connectivity index (χ0v) is 10.5. The van der Waals surface area contributed by atoms with E-state index in [1.54, 1.807) is 16.7 Å². The lowest BCUT2D eigenvalue weighted by atomic mass is 9.91. The first-order valence-corrected chi connectivity index (χ1v) is 6.59. The topological polar surface area (TPSA) is 0 Å². The molecule has 0 nitrogen and oxygen atoms in total. The predicted octanol–water partition coefficient (Wildman–Crippen LogP) is 4.87. The molecule has 0 spiro atoms. The average Bonchev–Trinajstić information content (AvgIpc) is 2.64. The Hall–Kier alpha value is -0.520. The molecule has 2 aliphatic carbocycles. The van der Waals surface area contributed by atoms with Crippen molar-refractivity contribution in [2.24, 2.45) is 11.8 Å². The summed E-state index contributed by atoms with van der Waals surface area (Å²) in [4.78, 5) is 0. The van der Waals surface area contributed by atoms with Crippen molar-refractivity contribution in [3.05, 3.63) is 22.8 Å². The maximum atomic E-state index is 2.56. The first-order valence-electron chi connectivity index (χ1n) is 6.59. The normalized spacial score (nSPS) is 41.1. The third-order valence-corrected chi connectivity index (χ3v) is 4.26.